The van der Waals surface area contributed by atoms with Crippen LogP contribution in [-0.2, 0) is 14.3 Å². The van der Waals surface area contributed by atoms with E-state index in [1.165, 1.54) is 21.1 Å². The van der Waals surface area contributed by atoms with Crippen LogP contribution in [0, 0.1) is 6.92 Å². The summed E-state index contributed by atoms with van der Waals surface area (Å²) >= 11 is 0. The molecule has 0 radical (unpaired) electrons. The molecule has 0 saturated heterocycles. The molecule has 0 heterocycles. The van der Waals surface area contributed by atoms with Crippen LogP contribution in [0.1, 0.15) is 22.8 Å². The van der Waals surface area contributed by atoms with Gasteiger partial charge in [-0.15, -0.1) is 0 Å². The highest BCUT2D eigenvalue weighted by molar-refractivity contribution is 5.98. The van der Waals surface area contributed by atoms with Crippen molar-refractivity contribution in [2.45, 2.75) is 13.8 Å². The summed E-state index contributed by atoms with van der Waals surface area (Å²) in [7, 11) is 2.90. The van der Waals surface area contributed by atoms with Crippen LogP contribution >= 0.6 is 0 Å². The minimum Gasteiger partial charge on any atom is -0.496 e. The number of carbonyl (C=O) groups excluding carboxylic acids is 3. The summed E-state index contributed by atoms with van der Waals surface area (Å²) in [5.41, 5.74) is 1.92. The van der Waals surface area contributed by atoms with E-state index in [2.05, 4.69) is 10.6 Å². The normalized spacial score (nSPS) is 10.0. The highest BCUT2D eigenvalue weighted by atomic mass is 16.5. The molecule has 28 heavy (non-hydrogen) atoms. The molecule has 0 fully saturated rings. The van der Waals surface area contributed by atoms with E-state index in [4.69, 9.17) is 14.2 Å². The van der Waals surface area contributed by atoms with Crippen molar-refractivity contribution in [3.63, 3.8) is 0 Å². The second-order valence-corrected chi connectivity index (χ2v) is 5.92. The summed E-state index contributed by atoms with van der Waals surface area (Å²) in [4.78, 5) is 35.7. The summed E-state index contributed by atoms with van der Waals surface area (Å²) < 4.78 is 15.4. The van der Waals surface area contributed by atoms with Crippen LogP contribution in [0.2, 0.25) is 0 Å². The third-order valence-corrected chi connectivity index (χ3v) is 3.70. The number of ether oxygens (including phenoxy) is 3. The molecule has 148 valence electrons. The first kappa shape index (κ1) is 20.8. The van der Waals surface area contributed by atoms with Crippen molar-refractivity contribution in [1.29, 1.82) is 0 Å². The molecule has 2 rings (SSSR count). The Morgan fingerprint density at radius 3 is 2.25 bits per heavy atom. The van der Waals surface area contributed by atoms with Crippen LogP contribution in [0.25, 0.3) is 0 Å². The second kappa shape index (κ2) is 9.40. The number of hydrogen-bond acceptors (Lipinski definition) is 6. The Balaban J connectivity index is 2.05. The lowest BCUT2D eigenvalue weighted by molar-refractivity contribution is -0.119. The molecule has 0 spiro atoms. The predicted molar refractivity (Wildman–Crippen MR) is 104 cm³/mol. The average molecular weight is 386 g/mol. The number of amides is 2. The maximum atomic E-state index is 12.3. The first-order valence-corrected chi connectivity index (χ1v) is 8.41. The molecule has 2 N–H and O–H groups in total. The lowest BCUT2D eigenvalue weighted by Gasteiger charge is -2.13. The van der Waals surface area contributed by atoms with Crippen molar-refractivity contribution in [1.82, 2.24) is 0 Å². The Morgan fingerprint density at radius 2 is 1.61 bits per heavy atom. The second-order valence-electron chi connectivity index (χ2n) is 5.92. The Labute approximate surface area is 162 Å². The van der Waals surface area contributed by atoms with E-state index in [1.54, 1.807) is 36.4 Å². The molecule has 2 aromatic carbocycles. The number of carbonyl (C=O) groups is 3. The fourth-order valence-electron chi connectivity index (χ4n) is 2.46. The predicted octanol–water partition coefficient (Wildman–Crippen LogP) is 2.77. The van der Waals surface area contributed by atoms with E-state index >= 15 is 0 Å². The van der Waals surface area contributed by atoms with Gasteiger partial charge in [-0.3, -0.25) is 9.59 Å². The van der Waals surface area contributed by atoms with E-state index in [9.17, 15) is 14.4 Å². The van der Waals surface area contributed by atoms with E-state index < -0.39 is 18.5 Å². The number of anilines is 2. The number of esters is 1. The summed E-state index contributed by atoms with van der Waals surface area (Å²) in [5.74, 6) is -0.716. The number of hydrogen-bond donors (Lipinski definition) is 2. The molecule has 2 aromatic rings. The Bertz CT molecular complexity index is 894. The number of benzene rings is 2. The lowest BCUT2D eigenvalue weighted by Crippen LogP contribution is -2.21. The van der Waals surface area contributed by atoms with E-state index in [0.29, 0.717) is 22.9 Å². The van der Waals surface area contributed by atoms with Gasteiger partial charge >= 0.3 is 5.97 Å². The molecule has 0 unspecified atom stereocenters. The molecule has 2 amide bonds. The van der Waals surface area contributed by atoms with Gasteiger partial charge in [-0.1, -0.05) is 11.6 Å². The SMILES string of the molecule is COc1ccc(NC(C)=O)cc1NC(=O)COC(=O)c1cc(C)ccc1OC. The Kier molecular flexibility index (Phi) is 6.97. The molecule has 0 aromatic heterocycles. The van der Waals surface area contributed by atoms with Gasteiger partial charge in [0, 0.05) is 12.6 Å². The van der Waals surface area contributed by atoms with Crippen molar-refractivity contribution in [2.24, 2.45) is 0 Å². The lowest BCUT2D eigenvalue weighted by atomic mass is 10.1. The van der Waals surface area contributed by atoms with Gasteiger partial charge in [-0.2, -0.15) is 0 Å². The van der Waals surface area contributed by atoms with E-state index in [0.717, 1.165) is 5.56 Å². The molecule has 8 nitrogen and oxygen atoms in total. The van der Waals surface area contributed by atoms with Crippen molar-refractivity contribution in [3.05, 3.63) is 47.5 Å². The molecule has 0 aliphatic carbocycles. The van der Waals surface area contributed by atoms with Gasteiger partial charge in [0.15, 0.2) is 6.61 Å². The Hall–Kier alpha value is -3.55. The summed E-state index contributed by atoms with van der Waals surface area (Å²) in [6.45, 7) is 2.71. The van der Waals surface area contributed by atoms with Crippen LogP contribution in [-0.4, -0.2) is 38.6 Å². The van der Waals surface area contributed by atoms with Crippen molar-refractivity contribution >= 4 is 29.2 Å². The summed E-state index contributed by atoms with van der Waals surface area (Å²) in [6, 6.07) is 9.87. The van der Waals surface area contributed by atoms with Crippen molar-refractivity contribution in [3.8, 4) is 11.5 Å². The minimum atomic E-state index is -0.672. The molecule has 0 aliphatic heterocycles. The van der Waals surface area contributed by atoms with Gasteiger partial charge < -0.3 is 24.8 Å². The van der Waals surface area contributed by atoms with E-state index in [-0.39, 0.29) is 11.5 Å². The molecular weight excluding hydrogens is 364 g/mol. The minimum absolute atomic E-state index is 0.237. The summed E-state index contributed by atoms with van der Waals surface area (Å²) in [5, 5.41) is 5.21. The topological polar surface area (TPSA) is 103 Å². The van der Waals surface area contributed by atoms with Crippen molar-refractivity contribution in [2.75, 3.05) is 31.5 Å². The fourth-order valence-corrected chi connectivity index (χ4v) is 2.46. The highest BCUT2D eigenvalue weighted by Gasteiger charge is 2.16. The molecule has 0 atom stereocenters. The summed E-state index contributed by atoms with van der Waals surface area (Å²) in [6.07, 6.45) is 0. The van der Waals surface area contributed by atoms with Crippen LogP contribution in [0.5, 0.6) is 11.5 Å². The smallest absolute Gasteiger partial charge is 0.342 e. The van der Waals surface area contributed by atoms with Crippen LogP contribution in [0.15, 0.2) is 36.4 Å². The van der Waals surface area contributed by atoms with Crippen LogP contribution < -0.4 is 20.1 Å². The zero-order chi connectivity index (χ0) is 20.7. The van der Waals surface area contributed by atoms with E-state index in [1.807, 2.05) is 6.92 Å². The monoisotopic (exact) mass is 386 g/mol. The zero-order valence-electron chi connectivity index (χ0n) is 16.1. The number of rotatable bonds is 7. The number of methoxy groups -OCH3 is 2. The maximum absolute atomic E-state index is 12.3. The van der Waals surface area contributed by atoms with Crippen LogP contribution in [0.3, 0.4) is 0 Å². The fraction of sp³-hybridized carbons (Fsp3) is 0.250. The molecule has 0 saturated carbocycles. The van der Waals surface area contributed by atoms with Gasteiger partial charge in [0.2, 0.25) is 5.91 Å². The van der Waals surface area contributed by atoms with Gasteiger partial charge in [-0.25, -0.2) is 4.79 Å². The molecule has 8 heteroatoms. The zero-order valence-corrected chi connectivity index (χ0v) is 16.1. The first-order chi connectivity index (χ1) is 13.3. The van der Waals surface area contributed by atoms with Crippen LogP contribution in [0.4, 0.5) is 11.4 Å². The maximum Gasteiger partial charge on any atom is 0.342 e. The average Bonchev–Trinajstić information content (AvgIpc) is 2.66. The standard InChI is InChI=1S/C20H22N2O6/c1-12-5-7-17(26-3)15(9-12)20(25)28-11-19(24)22-16-10-14(21-13(2)23)6-8-18(16)27-4/h5-10H,11H2,1-4H3,(H,21,23)(H,22,24). The number of nitrogens with one attached hydrogen (secondary N) is 2. The van der Waals surface area contributed by atoms with Gasteiger partial charge in [0.05, 0.1) is 19.9 Å². The first-order valence-electron chi connectivity index (χ1n) is 8.41. The van der Waals surface area contributed by atoms with Crippen molar-refractivity contribution < 1.29 is 28.6 Å². The van der Waals surface area contributed by atoms with Gasteiger partial charge in [0.25, 0.3) is 5.91 Å². The van der Waals surface area contributed by atoms with Gasteiger partial charge in [-0.05, 0) is 37.3 Å². The molecular formula is C20H22N2O6. The van der Waals surface area contributed by atoms with Gasteiger partial charge in [0.1, 0.15) is 17.1 Å². The number of aryl methyl sites for hydroxylation is 1. The quantitative estimate of drug-likeness (QED) is 0.710. The molecule has 0 bridgehead atoms. The Morgan fingerprint density at radius 1 is 0.929 bits per heavy atom. The third kappa shape index (κ3) is 5.47. The third-order valence-electron chi connectivity index (χ3n) is 3.70. The molecule has 0 aliphatic rings. The highest BCUT2D eigenvalue weighted by Crippen LogP contribution is 2.28. The largest absolute Gasteiger partial charge is 0.496 e.